The largest absolute Gasteiger partial charge is 0.451 e. The van der Waals surface area contributed by atoms with Crippen LogP contribution in [0.25, 0.3) is 0 Å². The number of halogens is 1. The van der Waals surface area contributed by atoms with E-state index < -0.39 is 29.8 Å². The molecule has 1 aromatic rings. The summed E-state index contributed by atoms with van der Waals surface area (Å²) < 4.78 is 18.4. The van der Waals surface area contributed by atoms with Crippen molar-refractivity contribution in [2.45, 2.75) is 38.8 Å². The lowest BCUT2D eigenvalue weighted by Crippen LogP contribution is -2.39. The Labute approximate surface area is 127 Å². The molecule has 6 nitrogen and oxygen atoms in total. The molecule has 2 N–H and O–H groups in total. The van der Waals surface area contributed by atoms with Crippen molar-refractivity contribution in [3.8, 4) is 0 Å². The van der Waals surface area contributed by atoms with Gasteiger partial charge in [-0.25, -0.2) is 9.18 Å². The van der Waals surface area contributed by atoms with E-state index in [0.717, 1.165) is 0 Å². The van der Waals surface area contributed by atoms with Gasteiger partial charge in [0.2, 0.25) is 5.91 Å². The summed E-state index contributed by atoms with van der Waals surface area (Å²) in [5.41, 5.74) is 0.750. The normalized spacial score (nSPS) is 18.5. The van der Waals surface area contributed by atoms with E-state index >= 15 is 0 Å². The van der Waals surface area contributed by atoms with Gasteiger partial charge in [0.25, 0.3) is 5.91 Å². The van der Waals surface area contributed by atoms with Gasteiger partial charge in [0.15, 0.2) is 6.10 Å². The Balaban J connectivity index is 1.90. The fraction of sp³-hybridized carbons (Fsp3) is 0.400. The van der Waals surface area contributed by atoms with Crippen LogP contribution >= 0.6 is 0 Å². The zero-order chi connectivity index (χ0) is 16.3. The topological polar surface area (TPSA) is 84.5 Å². The molecular weight excluding hydrogens is 291 g/mol. The molecule has 1 fully saturated rings. The summed E-state index contributed by atoms with van der Waals surface area (Å²) in [4.78, 5) is 34.7. The third-order valence-corrected chi connectivity index (χ3v) is 3.38. The second-order valence-corrected chi connectivity index (χ2v) is 5.19. The van der Waals surface area contributed by atoms with Crippen LogP contribution in [-0.2, 0) is 19.1 Å². The molecule has 0 spiro atoms. The molecule has 1 saturated heterocycles. The number of hydrogen-bond donors (Lipinski definition) is 2. The predicted octanol–water partition coefficient (Wildman–Crippen LogP) is 1.28. The Hall–Kier alpha value is -2.44. The molecule has 22 heavy (non-hydrogen) atoms. The quantitative estimate of drug-likeness (QED) is 0.821. The Morgan fingerprint density at radius 3 is 2.77 bits per heavy atom. The molecule has 0 radical (unpaired) electrons. The Morgan fingerprint density at radius 2 is 2.18 bits per heavy atom. The molecule has 0 bridgehead atoms. The average molecular weight is 308 g/mol. The Morgan fingerprint density at radius 1 is 1.45 bits per heavy atom. The van der Waals surface area contributed by atoms with Crippen LogP contribution in [-0.4, -0.2) is 29.9 Å². The monoisotopic (exact) mass is 308 g/mol. The van der Waals surface area contributed by atoms with Crippen molar-refractivity contribution in [1.82, 2.24) is 5.32 Å². The van der Waals surface area contributed by atoms with Crippen LogP contribution in [0.4, 0.5) is 10.1 Å². The van der Waals surface area contributed by atoms with Gasteiger partial charge in [-0.15, -0.1) is 0 Å². The van der Waals surface area contributed by atoms with Crippen LogP contribution in [0.3, 0.4) is 0 Å². The van der Waals surface area contributed by atoms with E-state index in [0.29, 0.717) is 12.0 Å². The highest BCUT2D eigenvalue weighted by Gasteiger charge is 2.30. The molecule has 2 atom stereocenters. The lowest BCUT2D eigenvalue weighted by Gasteiger charge is -2.16. The van der Waals surface area contributed by atoms with Crippen molar-refractivity contribution in [2.75, 3.05) is 5.32 Å². The molecule has 7 heteroatoms. The second-order valence-electron chi connectivity index (χ2n) is 5.19. The maximum absolute atomic E-state index is 13.4. The molecule has 2 amide bonds. The van der Waals surface area contributed by atoms with E-state index in [9.17, 15) is 18.8 Å². The zero-order valence-corrected chi connectivity index (χ0v) is 12.3. The summed E-state index contributed by atoms with van der Waals surface area (Å²) >= 11 is 0. The minimum absolute atomic E-state index is 0.214. The number of anilines is 1. The van der Waals surface area contributed by atoms with Gasteiger partial charge in [0.05, 0.1) is 0 Å². The van der Waals surface area contributed by atoms with Crippen LogP contribution < -0.4 is 10.6 Å². The minimum atomic E-state index is -1.05. The highest BCUT2D eigenvalue weighted by molar-refractivity contribution is 5.96. The molecule has 0 unspecified atom stereocenters. The summed E-state index contributed by atoms with van der Waals surface area (Å²) in [5.74, 6) is -1.87. The number of ether oxygens (including phenoxy) is 1. The van der Waals surface area contributed by atoms with Crippen LogP contribution in [0.1, 0.15) is 25.3 Å². The molecule has 1 aliphatic heterocycles. The number of esters is 1. The maximum atomic E-state index is 13.4. The van der Waals surface area contributed by atoms with E-state index in [1.165, 1.54) is 19.1 Å². The standard InChI is InChI=1S/C15H17FN2O4/c1-8-3-4-10(7-11(8)16)17-14(20)9(2)22-15(21)12-5-6-13(19)18-12/h3-4,7,9,12H,5-6H2,1-2H3,(H,17,20)(H,18,19)/t9-,12+/m1/s1. The first-order chi connectivity index (χ1) is 10.4. The summed E-state index contributed by atoms with van der Waals surface area (Å²) in [6.07, 6.45) is -0.424. The number of nitrogens with one attached hydrogen (secondary N) is 2. The molecule has 118 valence electrons. The van der Waals surface area contributed by atoms with Gasteiger partial charge in [-0.3, -0.25) is 9.59 Å². The summed E-state index contributed by atoms with van der Waals surface area (Å²) in [7, 11) is 0. The third-order valence-electron chi connectivity index (χ3n) is 3.38. The molecule has 1 aromatic carbocycles. The fourth-order valence-electron chi connectivity index (χ4n) is 2.02. The molecule has 2 rings (SSSR count). The van der Waals surface area contributed by atoms with Gasteiger partial charge in [-0.1, -0.05) is 6.07 Å². The first kappa shape index (κ1) is 15.9. The molecule has 0 saturated carbocycles. The molecular formula is C15H17FN2O4. The molecule has 1 heterocycles. The van der Waals surface area contributed by atoms with Gasteiger partial charge in [0.1, 0.15) is 11.9 Å². The van der Waals surface area contributed by atoms with Gasteiger partial charge in [-0.05, 0) is 38.0 Å². The van der Waals surface area contributed by atoms with E-state index in [1.54, 1.807) is 13.0 Å². The van der Waals surface area contributed by atoms with Gasteiger partial charge in [0, 0.05) is 12.1 Å². The van der Waals surface area contributed by atoms with Crippen molar-refractivity contribution >= 4 is 23.5 Å². The Bertz CT molecular complexity index is 618. The summed E-state index contributed by atoms with van der Waals surface area (Å²) in [6, 6.07) is 3.58. The summed E-state index contributed by atoms with van der Waals surface area (Å²) in [6.45, 7) is 3.02. The maximum Gasteiger partial charge on any atom is 0.329 e. The molecule has 0 aliphatic carbocycles. The van der Waals surface area contributed by atoms with Gasteiger partial charge < -0.3 is 15.4 Å². The molecule has 1 aliphatic rings. The van der Waals surface area contributed by atoms with Crippen molar-refractivity contribution in [2.24, 2.45) is 0 Å². The lowest BCUT2D eigenvalue weighted by atomic mass is 10.2. The van der Waals surface area contributed by atoms with E-state index in [-0.39, 0.29) is 18.0 Å². The van der Waals surface area contributed by atoms with Gasteiger partial charge in [-0.2, -0.15) is 0 Å². The predicted molar refractivity (Wildman–Crippen MR) is 76.5 cm³/mol. The number of aryl methyl sites for hydroxylation is 1. The fourth-order valence-corrected chi connectivity index (χ4v) is 2.02. The number of carbonyl (C=O) groups excluding carboxylic acids is 3. The highest BCUT2D eigenvalue weighted by Crippen LogP contribution is 2.15. The van der Waals surface area contributed by atoms with E-state index in [1.807, 2.05) is 0 Å². The van der Waals surface area contributed by atoms with E-state index in [4.69, 9.17) is 4.74 Å². The summed E-state index contributed by atoms with van der Waals surface area (Å²) in [5, 5.41) is 4.94. The number of rotatable bonds is 4. The Kier molecular flexibility index (Phi) is 4.75. The lowest BCUT2D eigenvalue weighted by molar-refractivity contribution is -0.155. The van der Waals surface area contributed by atoms with Crippen molar-refractivity contribution in [1.29, 1.82) is 0 Å². The highest BCUT2D eigenvalue weighted by atomic mass is 19.1. The SMILES string of the molecule is Cc1ccc(NC(=O)[C@@H](C)OC(=O)[C@@H]2CCC(=O)N2)cc1F. The van der Waals surface area contributed by atoms with Crippen LogP contribution in [0.2, 0.25) is 0 Å². The van der Waals surface area contributed by atoms with Gasteiger partial charge >= 0.3 is 5.97 Å². The number of amides is 2. The minimum Gasteiger partial charge on any atom is -0.451 e. The number of hydrogen-bond acceptors (Lipinski definition) is 4. The zero-order valence-electron chi connectivity index (χ0n) is 12.3. The first-order valence-corrected chi connectivity index (χ1v) is 6.93. The second kappa shape index (κ2) is 6.55. The van der Waals surface area contributed by atoms with Crippen LogP contribution in [0.5, 0.6) is 0 Å². The third kappa shape index (κ3) is 3.81. The van der Waals surface area contributed by atoms with E-state index in [2.05, 4.69) is 10.6 Å². The van der Waals surface area contributed by atoms with Crippen LogP contribution in [0, 0.1) is 12.7 Å². The molecule has 0 aromatic heterocycles. The van der Waals surface area contributed by atoms with Crippen molar-refractivity contribution in [3.63, 3.8) is 0 Å². The smallest absolute Gasteiger partial charge is 0.329 e. The number of benzene rings is 1. The number of carbonyl (C=O) groups is 3. The van der Waals surface area contributed by atoms with Crippen molar-refractivity contribution in [3.05, 3.63) is 29.6 Å². The van der Waals surface area contributed by atoms with Crippen LogP contribution in [0.15, 0.2) is 18.2 Å². The van der Waals surface area contributed by atoms with Crippen molar-refractivity contribution < 1.29 is 23.5 Å². The average Bonchev–Trinajstić information content (AvgIpc) is 2.89. The first-order valence-electron chi connectivity index (χ1n) is 6.93.